The molecule has 3 aromatic rings. The lowest BCUT2D eigenvalue weighted by Crippen LogP contribution is -2.39. The second-order valence-electron chi connectivity index (χ2n) is 8.50. The van der Waals surface area contributed by atoms with Crippen LogP contribution in [0.5, 0.6) is 0 Å². The summed E-state index contributed by atoms with van der Waals surface area (Å²) in [6.45, 7) is 5.99. The number of piperidine rings is 1. The molecule has 1 aliphatic heterocycles. The fourth-order valence-electron chi connectivity index (χ4n) is 4.24. The van der Waals surface area contributed by atoms with Gasteiger partial charge in [-0.3, -0.25) is 9.59 Å². The Balaban J connectivity index is 1.34. The van der Waals surface area contributed by atoms with Gasteiger partial charge >= 0.3 is 0 Å². The molecule has 3 heterocycles. The minimum atomic E-state index is -0.223. The maximum atomic E-state index is 12.8. The number of nitrogens with one attached hydrogen (secondary N) is 1. The molecule has 0 radical (unpaired) electrons. The van der Waals surface area contributed by atoms with Crippen LogP contribution >= 0.6 is 0 Å². The first kappa shape index (κ1) is 22.6. The normalized spacial score (nSPS) is 15.9. The predicted molar refractivity (Wildman–Crippen MR) is 126 cm³/mol. The number of para-hydroxylation sites is 1. The van der Waals surface area contributed by atoms with Gasteiger partial charge < -0.3 is 14.8 Å². The second-order valence-corrected chi connectivity index (χ2v) is 8.50. The van der Waals surface area contributed by atoms with Gasteiger partial charge in [-0.15, -0.1) is 0 Å². The summed E-state index contributed by atoms with van der Waals surface area (Å²) in [5, 5.41) is 2.88. The Hall–Kier alpha value is -3.55. The Kier molecular flexibility index (Phi) is 7.12. The van der Waals surface area contributed by atoms with E-state index in [1.165, 1.54) is 0 Å². The summed E-state index contributed by atoms with van der Waals surface area (Å²) in [4.78, 5) is 40.7. The van der Waals surface area contributed by atoms with Gasteiger partial charge in [0, 0.05) is 56.3 Å². The SMILES string of the molecule is Cc1nc([C@H]2CCCN(C(=O)CCCn3ccnc3C)C2)ncc1C(=O)Nc1ccccc1. The first-order valence-electron chi connectivity index (χ1n) is 11.5. The quantitative estimate of drug-likeness (QED) is 0.597. The number of nitrogens with zero attached hydrogens (tertiary/aromatic N) is 5. The van der Waals surface area contributed by atoms with Gasteiger partial charge in [-0.2, -0.15) is 0 Å². The third-order valence-corrected chi connectivity index (χ3v) is 6.13. The van der Waals surface area contributed by atoms with Crippen LogP contribution < -0.4 is 5.32 Å². The van der Waals surface area contributed by atoms with Gasteiger partial charge in [0.25, 0.3) is 5.91 Å². The molecule has 1 aliphatic rings. The largest absolute Gasteiger partial charge is 0.342 e. The number of anilines is 1. The van der Waals surface area contributed by atoms with E-state index in [1.54, 1.807) is 12.4 Å². The van der Waals surface area contributed by atoms with Gasteiger partial charge in [0.15, 0.2) is 0 Å². The van der Waals surface area contributed by atoms with Gasteiger partial charge in [-0.05, 0) is 45.2 Å². The van der Waals surface area contributed by atoms with Crippen LogP contribution in [-0.4, -0.2) is 49.3 Å². The summed E-state index contributed by atoms with van der Waals surface area (Å²) in [7, 11) is 0. The Morgan fingerprint density at radius 2 is 1.97 bits per heavy atom. The number of benzene rings is 1. The fourth-order valence-corrected chi connectivity index (χ4v) is 4.24. The van der Waals surface area contributed by atoms with Crippen LogP contribution in [0.2, 0.25) is 0 Å². The summed E-state index contributed by atoms with van der Waals surface area (Å²) < 4.78 is 2.07. The zero-order chi connectivity index (χ0) is 23.2. The van der Waals surface area contributed by atoms with E-state index in [4.69, 9.17) is 0 Å². The van der Waals surface area contributed by atoms with E-state index in [1.807, 2.05) is 55.3 Å². The monoisotopic (exact) mass is 446 g/mol. The molecule has 4 rings (SSSR count). The summed E-state index contributed by atoms with van der Waals surface area (Å²) in [5.74, 6) is 1.71. The van der Waals surface area contributed by atoms with Crippen molar-refractivity contribution in [3.8, 4) is 0 Å². The van der Waals surface area contributed by atoms with Crippen molar-refractivity contribution < 1.29 is 9.59 Å². The number of aryl methyl sites for hydroxylation is 3. The highest BCUT2D eigenvalue weighted by molar-refractivity contribution is 6.04. The van der Waals surface area contributed by atoms with Crippen LogP contribution in [0.15, 0.2) is 48.9 Å². The number of imidazole rings is 1. The fraction of sp³-hybridized carbons (Fsp3) is 0.400. The van der Waals surface area contributed by atoms with Crippen molar-refractivity contribution in [1.29, 1.82) is 0 Å². The number of likely N-dealkylation sites (tertiary alicyclic amines) is 1. The molecule has 0 bridgehead atoms. The second kappa shape index (κ2) is 10.4. The Bertz CT molecular complexity index is 1110. The van der Waals surface area contributed by atoms with E-state index in [9.17, 15) is 9.59 Å². The molecule has 1 atom stereocenters. The van der Waals surface area contributed by atoms with Gasteiger partial charge in [-0.25, -0.2) is 15.0 Å². The number of hydrogen-bond donors (Lipinski definition) is 1. The van der Waals surface area contributed by atoms with E-state index < -0.39 is 0 Å². The molecular formula is C25H30N6O2. The van der Waals surface area contributed by atoms with Gasteiger partial charge in [0.2, 0.25) is 5.91 Å². The van der Waals surface area contributed by atoms with Gasteiger partial charge in [-0.1, -0.05) is 18.2 Å². The lowest BCUT2D eigenvalue weighted by molar-refractivity contribution is -0.132. The molecule has 8 heteroatoms. The molecular weight excluding hydrogens is 416 g/mol. The smallest absolute Gasteiger partial charge is 0.259 e. The zero-order valence-electron chi connectivity index (χ0n) is 19.2. The van der Waals surface area contributed by atoms with Crippen LogP contribution in [0.3, 0.4) is 0 Å². The van der Waals surface area contributed by atoms with Crippen molar-refractivity contribution in [2.45, 2.75) is 52.0 Å². The van der Waals surface area contributed by atoms with Gasteiger partial charge in [0.1, 0.15) is 11.6 Å². The molecule has 2 aromatic heterocycles. The Morgan fingerprint density at radius 1 is 1.15 bits per heavy atom. The van der Waals surface area contributed by atoms with Crippen LogP contribution in [0.1, 0.15) is 59.3 Å². The number of carbonyl (C=O) groups excluding carboxylic acids is 2. The molecule has 172 valence electrons. The predicted octanol–water partition coefficient (Wildman–Crippen LogP) is 3.73. The lowest BCUT2D eigenvalue weighted by Gasteiger charge is -2.32. The number of amides is 2. The van der Waals surface area contributed by atoms with Crippen molar-refractivity contribution in [1.82, 2.24) is 24.4 Å². The highest BCUT2D eigenvalue weighted by Gasteiger charge is 2.27. The van der Waals surface area contributed by atoms with Crippen molar-refractivity contribution in [2.75, 3.05) is 18.4 Å². The summed E-state index contributed by atoms with van der Waals surface area (Å²) in [6.07, 6.45) is 8.50. The summed E-state index contributed by atoms with van der Waals surface area (Å²) >= 11 is 0. The van der Waals surface area contributed by atoms with E-state index in [0.29, 0.717) is 30.0 Å². The van der Waals surface area contributed by atoms with Crippen LogP contribution in [0.4, 0.5) is 5.69 Å². The Morgan fingerprint density at radius 3 is 2.70 bits per heavy atom. The first-order valence-corrected chi connectivity index (χ1v) is 11.5. The van der Waals surface area contributed by atoms with Crippen molar-refractivity contribution in [3.63, 3.8) is 0 Å². The lowest BCUT2D eigenvalue weighted by atomic mass is 9.96. The minimum Gasteiger partial charge on any atom is -0.342 e. The molecule has 33 heavy (non-hydrogen) atoms. The van der Waals surface area contributed by atoms with E-state index in [2.05, 4.69) is 24.8 Å². The third kappa shape index (κ3) is 5.63. The maximum absolute atomic E-state index is 12.8. The molecule has 1 aromatic carbocycles. The molecule has 0 aliphatic carbocycles. The molecule has 1 fully saturated rings. The number of rotatable bonds is 7. The number of aromatic nitrogens is 4. The van der Waals surface area contributed by atoms with E-state index in [0.717, 1.165) is 43.9 Å². The van der Waals surface area contributed by atoms with E-state index in [-0.39, 0.29) is 17.7 Å². The highest BCUT2D eigenvalue weighted by Crippen LogP contribution is 2.26. The average molecular weight is 447 g/mol. The molecule has 1 saturated heterocycles. The molecule has 2 amide bonds. The Labute approximate surface area is 194 Å². The summed E-state index contributed by atoms with van der Waals surface area (Å²) in [6, 6.07) is 9.32. The molecule has 0 spiro atoms. The maximum Gasteiger partial charge on any atom is 0.259 e. The van der Waals surface area contributed by atoms with Crippen molar-refractivity contribution >= 4 is 17.5 Å². The van der Waals surface area contributed by atoms with E-state index >= 15 is 0 Å². The van der Waals surface area contributed by atoms with Crippen LogP contribution in [0, 0.1) is 13.8 Å². The average Bonchev–Trinajstić information content (AvgIpc) is 3.24. The minimum absolute atomic E-state index is 0.0866. The summed E-state index contributed by atoms with van der Waals surface area (Å²) in [5.41, 5.74) is 1.84. The van der Waals surface area contributed by atoms with Crippen LogP contribution in [-0.2, 0) is 11.3 Å². The van der Waals surface area contributed by atoms with Crippen molar-refractivity contribution in [2.24, 2.45) is 0 Å². The highest BCUT2D eigenvalue weighted by atomic mass is 16.2. The first-order chi connectivity index (χ1) is 16.0. The molecule has 1 N–H and O–H groups in total. The third-order valence-electron chi connectivity index (χ3n) is 6.13. The topological polar surface area (TPSA) is 93.0 Å². The standard InChI is InChI=1S/C25H30N6O2/c1-18-22(25(33)29-21-9-4-3-5-10-21)16-27-24(28-18)20-8-6-14-31(17-20)23(32)11-7-13-30-15-12-26-19(30)2/h3-5,9-10,12,15-16,20H,6-8,11,13-14,17H2,1-2H3,(H,29,33)/t20-/m0/s1. The molecule has 0 unspecified atom stereocenters. The number of carbonyl (C=O) groups is 2. The number of hydrogen-bond acceptors (Lipinski definition) is 5. The zero-order valence-corrected chi connectivity index (χ0v) is 19.2. The van der Waals surface area contributed by atoms with Crippen LogP contribution in [0.25, 0.3) is 0 Å². The van der Waals surface area contributed by atoms with Gasteiger partial charge in [0.05, 0.1) is 11.3 Å². The molecule has 8 nitrogen and oxygen atoms in total. The van der Waals surface area contributed by atoms with Crippen molar-refractivity contribution in [3.05, 3.63) is 71.8 Å². The molecule has 0 saturated carbocycles.